The summed E-state index contributed by atoms with van der Waals surface area (Å²) in [5.74, 6) is 0. The van der Waals surface area contributed by atoms with Crippen LogP contribution in [0.5, 0.6) is 0 Å². The van der Waals surface area contributed by atoms with E-state index in [-0.39, 0.29) is 6.03 Å². The van der Waals surface area contributed by atoms with E-state index < -0.39 is 0 Å². The highest BCUT2D eigenvalue weighted by Gasteiger charge is 2.13. The van der Waals surface area contributed by atoms with Crippen LogP contribution in [-0.4, -0.2) is 31.7 Å². The summed E-state index contributed by atoms with van der Waals surface area (Å²) >= 11 is 0. The first kappa shape index (κ1) is 12.3. The van der Waals surface area contributed by atoms with Gasteiger partial charge in [-0.05, 0) is 32.2 Å². The number of nitrogens with one attached hydrogen (secondary N) is 3. The number of urea groups is 1. The van der Waals surface area contributed by atoms with Crippen LogP contribution in [0.1, 0.15) is 39.0 Å². The Morgan fingerprint density at radius 3 is 2.87 bits per heavy atom. The molecule has 0 aromatic heterocycles. The fraction of sp³-hybridized carbons (Fsp3) is 0.909. The molecule has 1 saturated heterocycles. The Morgan fingerprint density at radius 1 is 1.40 bits per heavy atom. The molecule has 0 aromatic carbocycles. The number of hydrogen-bond donors (Lipinski definition) is 3. The lowest BCUT2D eigenvalue weighted by Gasteiger charge is -2.11. The Bertz CT molecular complexity index is 179. The highest BCUT2D eigenvalue weighted by molar-refractivity contribution is 5.73. The average Bonchev–Trinajstić information content (AvgIpc) is 2.71. The molecule has 1 heterocycles. The van der Waals surface area contributed by atoms with Crippen LogP contribution in [0.2, 0.25) is 0 Å². The fourth-order valence-corrected chi connectivity index (χ4v) is 1.80. The van der Waals surface area contributed by atoms with Crippen molar-refractivity contribution in [2.45, 2.75) is 45.1 Å². The zero-order valence-electron chi connectivity index (χ0n) is 9.64. The maximum absolute atomic E-state index is 11.2. The summed E-state index contributed by atoms with van der Waals surface area (Å²) in [6.07, 6.45) is 5.73. The van der Waals surface area contributed by atoms with Crippen LogP contribution in [0.25, 0.3) is 0 Å². The predicted molar refractivity (Wildman–Crippen MR) is 62.0 cm³/mol. The monoisotopic (exact) mass is 213 g/mol. The molecule has 1 rings (SSSR count). The summed E-state index contributed by atoms with van der Waals surface area (Å²) in [5, 5.41) is 9.13. The van der Waals surface area contributed by atoms with Gasteiger partial charge in [0.15, 0.2) is 0 Å². The van der Waals surface area contributed by atoms with Crippen molar-refractivity contribution in [3.8, 4) is 0 Å². The number of rotatable bonds is 6. The summed E-state index contributed by atoms with van der Waals surface area (Å²) in [7, 11) is 0. The van der Waals surface area contributed by atoms with Gasteiger partial charge in [0.2, 0.25) is 0 Å². The van der Waals surface area contributed by atoms with E-state index in [9.17, 15) is 4.79 Å². The lowest BCUT2D eigenvalue weighted by molar-refractivity contribution is 0.240. The highest BCUT2D eigenvalue weighted by atomic mass is 16.2. The number of carbonyl (C=O) groups excluding carboxylic acids is 1. The highest BCUT2D eigenvalue weighted by Crippen LogP contribution is 2.07. The molecule has 0 aliphatic carbocycles. The van der Waals surface area contributed by atoms with Crippen molar-refractivity contribution in [2.75, 3.05) is 19.6 Å². The molecule has 4 nitrogen and oxygen atoms in total. The van der Waals surface area contributed by atoms with E-state index in [1.54, 1.807) is 0 Å². The van der Waals surface area contributed by atoms with Crippen LogP contribution in [-0.2, 0) is 0 Å². The largest absolute Gasteiger partial charge is 0.338 e. The summed E-state index contributed by atoms with van der Waals surface area (Å²) < 4.78 is 0. The first-order valence-electron chi connectivity index (χ1n) is 6.08. The SMILES string of the molecule is CCCCNC(=O)NCC[C@H]1CCCN1. The van der Waals surface area contributed by atoms with E-state index in [2.05, 4.69) is 22.9 Å². The Hall–Kier alpha value is -0.770. The summed E-state index contributed by atoms with van der Waals surface area (Å²) in [4.78, 5) is 11.2. The number of hydrogen-bond acceptors (Lipinski definition) is 2. The standard InChI is InChI=1S/C11H23N3O/c1-2-3-7-13-11(15)14-9-6-10-5-4-8-12-10/h10,12H,2-9H2,1H3,(H2,13,14,15)/t10-/m1/s1. The van der Waals surface area contributed by atoms with E-state index in [0.717, 1.165) is 38.9 Å². The van der Waals surface area contributed by atoms with Gasteiger partial charge < -0.3 is 16.0 Å². The third kappa shape index (κ3) is 5.62. The van der Waals surface area contributed by atoms with Crippen LogP contribution in [0.3, 0.4) is 0 Å². The van der Waals surface area contributed by atoms with Gasteiger partial charge in [-0.1, -0.05) is 13.3 Å². The summed E-state index contributed by atoms with van der Waals surface area (Å²) in [5.41, 5.74) is 0. The molecular weight excluding hydrogens is 190 g/mol. The molecular formula is C11H23N3O. The van der Waals surface area contributed by atoms with E-state index >= 15 is 0 Å². The molecule has 4 heteroatoms. The normalized spacial score (nSPS) is 20.2. The minimum absolute atomic E-state index is 0.0264. The molecule has 1 aliphatic heterocycles. The maximum Gasteiger partial charge on any atom is 0.314 e. The predicted octanol–water partition coefficient (Wildman–Crippen LogP) is 1.23. The van der Waals surface area contributed by atoms with Gasteiger partial charge in [-0.25, -0.2) is 4.79 Å². The van der Waals surface area contributed by atoms with Crippen LogP contribution < -0.4 is 16.0 Å². The van der Waals surface area contributed by atoms with Gasteiger partial charge in [0.25, 0.3) is 0 Å². The topological polar surface area (TPSA) is 53.2 Å². The van der Waals surface area contributed by atoms with Gasteiger partial charge in [-0.2, -0.15) is 0 Å². The Morgan fingerprint density at radius 2 is 2.20 bits per heavy atom. The Kier molecular flexibility index (Phi) is 6.16. The van der Waals surface area contributed by atoms with Gasteiger partial charge >= 0.3 is 6.03 Å². The molecule has 0 aromatic rings. The molecule has 0 unspecified atom stereocenters. The van der Waals surface area contributed by atoms with Crippen LogP contribution in [0.15, 0.2) is 0 Å². The van der Waals surface area contributed by atoms with E-state index in [0.29, 0.717) is 6.04 Å². The fourth-order valence-electron chi connectivity index (χ4n) is 1.80. The van der Waals surface area contributed by atoms with Crippen molar-refractivity contribution < 1.29 is 4.79 Å². The molecule has 0 saturated carbocycles. The maximum atomic E-state index is 11.2. The molecule has 3 N–H and O–H groups in total. The Balaban J connectivity index is 1.91. The van der Waals surface area contributed by atoms with Gasteiger partial charge in [-0.3, -0.25) is 0 Å². The van der Waals surface area contributed by atoms with Crippen molar-refractivity contribution in [2.24, 2.45) is 0 Å². The van der Waals surface area contributed by atoms with E-state index in [1.165, 1.54) is 12.8 Å². The number of amides is 2. The molecule has 1 aliphatic rings. The second-order valence-electron chi connectivity index (χ2n) is 4.12. The van der Waals surface area contributed by atoms with Gasteiger partial charge in [-0.15, -0.1) is 0 Å². The zero-order chi connectivity index (χ0) is 10.9. The average molecular weight is 213 g/mol. The first-order chi connectivity index (χ1) is 7.33. The Labute approximate surface area is 92.2 Å². The summed E-state index contributed by atoms with van der Waals surface area (Å²) in [6, 6.07) is 0.586. The van der Waals surface area contributed by atoms with E-state index in [1.807, 2.05) is 0 Å². The second-order valence-corrected chi connectivity index (χ2v) is 4.12. The molecule has 2 amide bonds. The molecule has 0 radical (unpaired) electrons. The number of unbranched alkanes of at least 4 members (excludes halogenated alkanes) is 1. The van der Waals surface area contributed by atoms with Crippen LogP contribution in [0, 0.1) is 0 Å². The lowest BCUT2D eigenvalue weighted by Crippen LogP contribution is -2.38. The van der Waals surface area contributed by atoms with Crippen molar-refractivity contribution in [1.82, 2.24) is 16.0 Å². The molecule has 0 spiro atoms. The van der Waals surface area contributed by atoms with E-state index in [4.69, 9.17) is 0 Å². The molecule has 1 atom stereocenters. The lowest BCUT2D eigenvalue weighted by atomic mass is 10.1. The van der Waals surface area contributed by atoms with Gasteiger partial charge in [0, 0.05) is 19.1 Å². The molecule has 1 fully saturated rings. The smallest absolute Gasteiger partial charge is 0.314 e. The third-order valence-corrected chi connectivity index (χ3v) is 2.76. The third-order valence-electron chi connectivity index (χ3n) is 2.76. The minimum Gasteiger partial charge on any atom is -0.338 e. The minimum atomic E-state index is -0.0264. The van der Waals surface area contributed by atoms with Crippen molar-refractivity contribution in [3.05, 3.63) is 0 Å². The van der Waals surface area contributed by atoms with Crippen LogP contribution >= 0.6 is 0 Å². The zero-order valence-corrected chi connectivity index (χ0v) is 9.64. The molecule has 0 bridgehead atoms. The first-order valence-corrected chi connectivity index (χ1v) is 6.08. The van der Waals surface area contributed by atoms with Crippen molar-refractivity contribution in [1.29, 1.82) is 0 Å². The molecule has 15 heavy (non-hydrogen) atoms. The van der Waals surface area contributed by atoms with Crippen molar-refractivity contribution >= 4 is 6.03 Å². The number of carbonyl (C=O) groups is 1. The second kappa shape index (κ2) is 7.51. The summed E-state index contributed by atoms with van der Waals surface area (Å²) in [6.45, 7) is 4.80. The van der Waals surface area contributed by atoms with Gasteiger partial charge in [0.05, 0.1) is 0 Å². The van der Waals surface area contributed by atoms with Crippen LogP contribution in [0.4, 0.5) is 4.79 Å². The van der Waals surface area contributed by atoms with Gasteiger partial charge in [0.1, 0.15) is 0 Å². The van der Waals surface area contributed by atoms with Crippen molar-refractivity contribution in [3.63, 3.8) is 0 Å². The quantitative estimate of drug-likeness (QED) is 0.581. The molecule has 88 valence electrons.